The van der Waals surface area contributed by atoms with E-state index in [0.717, 1.165) is 27.8 Å². The number of carbonyl (C=O) groups is 2. The lowest BCUT2D eigenvalue weighted by Crippen LogP contribution is -2.40. The maximum absolute atomic E-state index is 12.7. The van der Waals surface area contributed by atoms with Gasteiger partial charge >= 0.3 is 0 Å². The molecule has 2 amide bonds. The van der Waals surface area contributed by atoms with Crippen LogP contribution in [-0.4, -0.2) is 31.5 Å². The van der Waals surface area contributed by atoms with E-state index in [1.165, 1.54) is 5.56 Å². The molecule has 28 heavy (non-hydrogen) atoms. The SMILES string of the molecule is Cc1cccc(OCCNC(=O)CN2C(=O)c3cccc4cccc2c34)c1C. The van der Waals surface area contributed by atoms with Gasteiger partial charge in [0.2, 0.25) is 5.91 Å². The number of amides is 2. The van der Waals surface area contributed by atoms with Gasteiger partial charge in [-0.3, -0.25) is 14.5 Å². The lowest BCUT2D eigenvalue weighted by atomic mass is 10.1. The molecule has 0 unspecified atom stereocenters. The van der Waals surface area contributed by atoms with Crippen molar-refractivity contribution in [2.75, 3.05) is 24.6 Å². The van der Waals surface area contributed by atoms with Crippen LogP contribution in [0.5, 0.6) is 5.75 Å². The van der Waals surface area contributed by atoms with Crippen molar-refractivity contribution in [2.24, 2.45) is 0 Å². The predicted molar refractivity (Wildman–Crippen MR) is 110 cm³/mol. The molecule has 0 bridgehead atoms. The van der Waals surface area contributed by atoms with Crippen molar-refractivity contribution in [2.45, 2.75) is 13.8 Å². The van der Waals surface area contributed by atoms with E-state index in [1.54, 1.807) is 4.90 Å². The first-order valence-corrected chi connectivity index (χ1v) is 9.35. The number of nitrogens with one attached hydrogen (secondary N) is 1. The van der Waals surface area contributed by atoms with Crippen LogP contribution in [0.4, 0.5) is 5.69 Å². The van der Waals surface area contributed by atoms with E-state index in [2.05, 4.69) is 5.32 Å². The van der Waals surface area contributed by atoms with E-state index < -0.39 is 0 Å². The summed E-state index contributed by atoms with van der Waals surface area (Å²) in [6.45, 7) is 4.80. The van der Waals surface area contributed by atoms with Crippen molar-refractivity contribution in [1.29, 1.82) is 0 Å². The molecular weight excluding hydrogens is 352 g/mol. The molecule has 5 heteroatoms. The van der Waals surface area contributed by atoms with Crippen molar-refractivity contribution in [3.05, 3.63) is 71.3 Å². The Morgan fingerprint density at radius 1 is 1.04 bits per heavy atom. The van der Waals surface area contributed by atoms with E-state index in [0.29, 0.717) is 18.7 Å². The quantitative estimate of drug-likeness (QED) is 0.671. The predicted octanol–water partition coefficient (Wildman–Crippen LogP) is 3.61. The van der Waals surface area contributed by atoms with Gasteiger partial charge in [-0.25, -0.2) is 0 Å². The minimum atomic E-state index is -0.206. The van der Waals surface area contributed by atoms with Crippen LogP contribution < -0.4 is 15.0 Å². The summed E-state index contributed by atoms with van der Waals surface area (Å²) in [7, 11) is 0. The van der Waals surface area contributed by atoms with Crippen molar-refractivity contribution >= 4 is 28.3 Å². The van der Waals surface area contributed by atoms with Gasteiger partial charge in [0.25, 0.3) is 5.91 Å². The van der Waals surface area contributed by atoms with Gasteiger partial charge in [-0.1, -0.05) is 36.4 Å². The van der Waals surface area contributed by atoms with Crippen molar-refractivity contribution in [1.82, 2.24) is 5.32 Å². The largest absolute Gasteiger partial charge is 0.491 e. The summed E-state index contributed by atoms with van der Waals surface area (Å²) in [5.41, 5.74) is 3.71. The van der Waals surface area contributed by atoms with Crippen molar-refractivity contribution < 1.29 is 14.3 Å². The molecule has 1 N–H and O–H groups in total. The number of hydrogen-bond donors (Lipinski definition) is 1. The number of hydrogen-bond acceptors (Lipinski definition) is 3. The molecule has 5 nitrogen and oxygen atoms in total. The molecule has 1 heterocycles. The third-order valence-corrected chi connectivity index (χ3v) is 5.19. The van der Waals surface area contributed by atoms with Crippen LogP contribution in [0.3, 0.4) is 0 Å². The first kappa shape index (κ1) is 18.0. The Kier molecular flexibility index (Phi) is 4.74. The number of aryl methyl sites for hydroxylation is 1. The fourth-order valence-electron chi connectivity index (χ4n) is 3.57. The average molecular weight is 374 g/mol. The minimum absolute atomic E-state index is 0.00387. The zero-order valence-electron chi connectivity index (χ0n) is 16.0. The smallest absolute Gasteiger partial charge is 0.259 e. The van der Waals surface area contributed by atoms with Crippen LogP contribution >= 0.6 is 0 Å². The molecule has 0 radical (unpaired) electrons. The number of nitrogens with zero attached hydrogens (tertiary/aromatic N) is 1. The highest BCUT2D eigenvalue weighted by atomic mass is 16.5. The lowest BCUT2D eigenvalue weighted by molar-refractivity contribution is -0.119. The summed E-state index contributed by atoms with van der Waals surface area (Å²) in [5.74, 6) is 0.488. The molecule has 142 valence electrons. The molecule has 0 fully saturated rings. The molecular formula is C23H22N2O3. The van der Waals surface area contributed by atoms with Crippen LogP contribution in [0.15, 0.2) is 54.6 Å². The highest BCUT2D eigenvalue weighted by Gasteiger charge is 2.30. The third-order valence-electron chi connectivity index (χ3n) is 5.19. The fourth-order valence-corrected chi connectivity index (χ4v) is 3.57. The standard InChI is InChI=1S/C23H22N2O3/c1-15-6-3-11-20(16(15)2)28-13-12-24-21(26)14-25-19-10-5-8-17-7-4-9-18(22(17)19)23(25)27/h3-11H,12-14H2,1-2H3,(H,24,26). The van der Waals surface area contributed by atoms with E-state index >= 15 is 0 Å². The van der Waals surface area contributed by atoms with Crippen LogP contribution in [-0.2, 0) is 4.79 Å². The lowest BCUT2D eigenvalue weighted by Gasteiger charge is -2.17. The summed E-state index contributed by atoms with van der Waals surface area (Å²) in [5, 5.41) is 4.76. The van der Waals surface area contributed by atoms with Gasteiger partial charge in [0.15, 0.2) is 0 Å². The Morgan fingerprint density at radius 2 is 1.79 bits per heavy atom. The Morgan fingerprint density at radius 3 is 2.61 bits per heavy atom. The van der Waals surface area contributed by atoms with Gasteiger partial charge in [0, 0.05) is 10.9 Å². The van der Waals surface area contributed by atoms with Gasteiger partial charge < -0.3 is 10.1 Å². The molecule has 0 aromatic heterocycles. The first-order chi connectivity index (χ1) is 13.6. The van der Waals surface area contributed by atoms with E-state index in [9.17, 15) is 9.59 Å². The van der Waals surface area contributed by atoms with Gasteiger partial charge in [0.05, 0.1) is 12.2 Å². The molecule has 1 aliphatic rings. The van der Waals surface area contributed by atoms with Crippen LogP contribution in [0.25, 0.3) is 10.8 Å². The topological polar surface area (TPSA) is 58.6 Å². The molecule has 3 aromatic carbocycles. The molecule has 0 spiro atoms. The zero-order valence-corrected chi connectivity index (χ0v) is 16.0. The molecule has 4 rings (SSSR count). The number of rotatable bonds is 6. The van der Waals surface area contributed by atoms with Crippen LogP contribution in [0.1, 0.15) is 21.5 Å². The van der Waals surface area contributed by atoms with E-state index in [-0.39, 0.29) is 18.4 Å². The second kappa shape index (κ2) is 7.35. The Labute approximate surface area is 163 Å². The highest BCUT2D eigenvalue weighted by Crippen LogP contribution is 2.36. The van der Waals surface area contributed by atoms with Crippen molar-refractivity contribution in [3.8, 4) is 5.75 Å². The summed E-state index contributed by atoms with van der Waals surface area (Å²) in [6.07, 6.45) is 0. The fraction of sp³-hybridized carbons (Fsp3) is 0.217. The average Bonchev–Trinajstić information content (AvgIpc) is 2.96. The molecule has 0 saturated heterocycles. The Balaban J connectivity index is 1.35. The molecule has 0 atom stereocenters. The first-order valence-electron chi connectivity index (χ1n) is 9.35. The molecule has 0 saturated carbocycles. The molecule has 0 aliphatic carbocycles. The number of ether oxygens (including phenoxy) is 1. The highest BCUT2D eigenvalue weighted by molar-refractivity contribution is 6.26. The Hall–Kier alpha value is -3.34. The van der Waals surface area contributed by atoms with Gasteiger partial charge in [-0.2, -0.15) is 0 Å². The number of anilines is 1. The summed E-state index contributed by atoms with van der Waals surface area (Å²) < 4.78 is 5.76. The third kappa shape index (κ3) is 3.20. The van der Waals surface area contributed by atoms with Crippen LogP contribution in [0, 0.1) is 13.8 Å². The summed E-state index contributed by atoms with van der Waals surface area (Å²) >= 11 is 0. The van der Waals surface area contributed by atoms with E-state index in [4.69, 9.17) is 4.74 Å². The number of carbonyl (C=O) groups excluding carboxylic acids is 2. The maximum Gasteiger partial charge on any atom is 0.259 e. The Bertz CT molecular complexity index is 1070. The second-order valence-corrected chi connectivity index (χ2v) is 6.97. The minimum Gasteiger partial charge on any atom is -0.491 e. The van der Waals surface area contributed by atoms with Crippen molar-refractivity contribution in [3.63, 3.8) is 0 Å². The summed E-state index contributed by atoms with van der Waals surface area (Å²) in [4.78, 5) is 26.6. The van der Waals surface area contributed by atoms with Crippen LogP contribution in [0.2, 0.25) is 0 Å². The maximum atomic E-state index is 12.7. The molecule has 1 aliphatic heterocycles. The monoisotopic (exact) mass is 374 g/mol. The van der Waals surface area contributed by atoms with E-state index in [1.807, 2.05) is 68.4 Å². The summed E-state index contributed by atoms with van der Waals surface area (Å²) in [6, 6.07) is 17.3. The zero-order chi connectivity index (χ0) is 19.7. The van der Waals surface area contributed by atoms with Gasteiger partial charge in [-0.15, -0.1) is 0 Å². The number of benzene rings is 3. The normalized spacial score (nSPS) is 12.5. The second-order valence-electron chi connectivity index (χ2n) is 6.97. The van der Waals surface area contributed by atoms with Gasteiger partial charge in [-0.05, 0) is 48.6 Å². The molecule has 3 aromatic rings. The van der Waals surface area contributed by atoms with Gasteiger partial charge in [0.1, 0.15) is 18.9 Å².